The Labute approximate surface area is 130 Å². The van der Waals surface area contributed by atoms with Gasteiger partial charge in [-0.2, -0.15) is 5.10 Å². The number of benzene rings is 2. The molecule has 0 bridgehead atoms. The third-order valence-corrected chi connectivity index (χ3v) is 3.84. The minimum Gasteiger partial charge on any atom is -0.295 e. The molecule has 0 N–H and O–H groups in total. The predicted molar refractivity (Wildman–Crippen MR) is 87.3 cm³/mol. The lowest BCUT2D eigenvalue weighted by atomic mass is 10.2. The normalized spacial score (nSPS) is 16.3. The standard InChI is InChI=1S/C18H20FN3/c19-18-8-6-16(7-9-18)14-20-22-12-10-21(11-13-22)15-17-4-2-1-3-5-17/h1-9,14H,10-13,15H2/b20-14+. The maximum atomic E-state index is 12.8. The van der Waals surface area contributed by atoms with Crippen molar-refractivity contribution < 1.29 is 4.39 Å². The summed E-state index contributed by atoms with van der Waals surface area (Å²) in [5.41, 5.74) is 2.28. The van der Waals surface area contributed by atoms with Gasteiger partial charge >= 0.3 is 0 Å². The highest BCUT2D eigenvalue weighted by atomic mass is 19.1. The molecule has 0 amide bonds. The summed E-state index contributed by atoms with van der Waals surface area (Å²) in [4.78, 5) is 2.44. The maximum absolute atomic E-state index is 12.8. The second-order valence-electron chi connectivity index (χ2n) is 5.51. The Hall–Kier alpha value is -2.20. The van der Waals surface area contributed by atoms with Gasteiger partial charge in [0.25, 0.3) is 0 Å². The Morgan fingerprint density at radius 1 is 0.909 bits per heavy atom. The van der Waals surface area contributed by atoms with Crippen LogP contribution in [0, 0.1) is 5.82 Å². The quantitative estimate of drug-likeness (QED) is 0.808. The third-order valence-electron chi connectivity index (χ3n) is 3.84. The lowest BCUT2D eigenvalue weighted by Crippen LogP contribution is -2.43. The molecule has 2 aromatic rings. The molecule has 1 aliphatic rings. The van der Waals surface area contributed by atoms with Crippen molar-refractivity contribution in [2.75, 3.05) is 26.2 Å². The Bertz CT molecular complexity index is 602. The van der Waals surface area contributed by atoms with Crippen molar-refractivity contribution in [1.82, 2.24) is 9.91 Å². The van der Waals surface area contributed by atoms with E-state index in [1.165, 1.54) is 17.7 Å². The van der Waals surface area contributed by atoms with Gasteiger partial charge in [-0.3, -0.25) is 9.91 Å². The molecule has 0 saturated carbocycles. The molecular formula is C18H20FN3. The number of rotatable bonds is 4. The van der Waals surface area contributed by atoms with E-state index in [0.717, 1.165) is 38.3 Å². The predicted octanol–water partition coefficient (Wildman–Crippen LogP) is 2.98. The van der Waals surface area contributed by atoms with E-state index in [1.54, 1.807) is 18.3 Å². The lowest BCUT2D eigenvalue weighted by molar-refractivity contribution is 0.131. The summed E-state index contributed by atoms with van der Waals surface area (Å²) in [5.74, 6) is -0.216. The number of halogens is 1. The zero-order chi connectivity index (χ0) is 15.2. The molecular weight excluding hydrogens is 277 g/mol. The molecule has 0 radical (unpaired) electrons. The maximum Gasteiger partial charge on any atom is 0.123 e. The van der Waals surface area contributed by atoms with Crippen molar-refractivity contribution in [1.29, 1.82) is 0 Å². The molecule has 22 heavy (non-hydrogen) atoms. The van der Waals surface area contributed by atoms with Crippen molar-refractivity contribution in [3.63, 3.8) is 0 Å². The molecule has 1 heterocycles. The van der Waals surface area contributed by atoms with Crippen molar-refractivity contribution in [2.24, 2.45) is 5.10 Å². The van der Waals surface area contributed by atoms with E-state index in [2.05, 4.69) is 39.3 Å². The molecule has 0 atom stereocenters. The van der Waals surface area contributed by atoms with Gasteiger partial charge in [0.1, 0.15) is 5.82 Å². The molecule has 1 aliphatic heterocycles. The Morgan fingerprint density at radius 2 is 1.59 bits per heavy atom. The highest BCUT2D eigenvalue weighted by molar-refractivity contribution is 5.79. The van der Waals surface area contributed by atoms with E-state index in [9.17, 15) is 4.39 Å². The second kappa shape index (κ2) is 7.18. The van der Waals surface area contributed by atoms with Gasteiger partial charge in [-0.25, -0.2) is 4.39 Å². The molecule has 0 aliphatic carbocycles. The van der Waals surface area contributed by atoms with E-state index in [-0.39, 0.29) is 5.82 Å². The molecule has 1 saturated heterocycles. The van der Waals surface area contributed by atoms with Crippen LogP contribution in [0.2, 0.25) is 0 Å². The van der Waals surface area contributed by atoms with Crippen molar-refractivity contribution >= 4 is 6.21 Å². The van der Waals surface area contributed by atoms with Crippen LogP contribution in [0.25, 0.3) is 0 Å². The molecule has 114 valence electrons. The first kappa shape index (κ1) is 14.7. The summed E-state index contributed by atoms with van der Waals surface area (Å²) in [6.07, 6.45) is 1.80. The van der Waals surface area contributed by atoms with Crippen LogP contribution < -0.4 is 0 Å². The SMILES string of the molecule is Fc1ccc(/C=N/N2CCN(Cc3ccccc3)CC2)cc1. The van der Waals surface area contributed by atoms with Crippen LogP contribution in [-0.2, 0) is 6.54 Å². The van der Waals surface area contributed by atoms with Crippen LogP contribution in [0.4, 0.5) is 4.39 Å². The van der Waals surface area contributed by atoms with Crippen LogP contribution in [0.15, 0.2) is 59.7 Å². The van der Waals surface area contributed by atoms with Crippen LogP contribution in [0.1, 0.15) is 11.1 Å². The highest BCUT2D eigenvalue weighted by Crippen LogP contribution is 2.09. The Kier molecular flexibility index (Phi) is 4.81. The summed E-state index contributed by atoms with van der Waals surface area (Å²) in [5, 5.41) is 6.56. The molecule has 1 fully saturated rings. The van der Waals surface area contributed by atoms with Gasteiger partial charge in [0.15, 0.2) is 0 Å². The topological polar surface area (TPSA) is 18.8 Å². The molecule has 0 aromatic heterocycles. The molecule has 0 unspecified atom stereocenters. The monoisotopic (exact) mass is 297 g/mol. The zero-order valence-corrected chi connectivity index (χ0v) is 12.5. The van der Waals surface area contributed by atoms with Crippen molar-refractivity contribution in [3.05, 3.63) is 71.5 Å². The van der Waals surface area contributed by atoms with Gasteiger partial charge in [0.05, 0.1) is 6.21 Å². The van der Waals surface area contributed by atoms with E-state index >= 15 is 0 Å². The average molecular weight is 297 g/mol. The summed E-state index contributed by atoms with van der Waals surface area (Å²) in [7, 11) is 0. The number of nitrogens with zero attached hydrogens (tertiary/aromatic N) is 3. The fourth-order valence-electron chi connectivity index (χ4n) is 2.55. The van der Waals surface area contributed by atoms with Gasteiger partial charge < -0.3 is 0 Å². The Morgan fingerprint density at radius 3 is 2.27 bits per heavy atom. The number of hydrazone groups is 1. The fourth-order valence-corrected chi connectivity index (χ4v) is 2.55. The molecule has 2 aromatic carbocycles. The fraction of sp³-hybridized carbons (Fsp3) is 0.278. The average Bonchev–Trinajstić information content (AvgIpc) is 2.57. The third kappa shape index (κ3) is 4.15. The lowest BCUT2D eigenvalue weighted by Gasteiger charge is -2.33. The van der Waals surface area contributed by atoms with E-state index in [1.807, 2.05) is 6.07 Å². The van der Waals surface area contributed by atoms with Crippen LogP contribution >= 0.6 is 0 Å². The molecule has 4 heteroatoms. The van der Waals surface area contributed by atoms with Gasteiger partial charge in [-0.15, -0.1) is 0 Å². The number of hydrogen-bond acceptors (Lipinski definition) is 3. The number of piperazine rings is 1. The van der Waals surface area contributed by atoms with Crippen LogP contribution in [-0.4, -0.2) is 42.3 Å². The largest absolute Gasteiger partial charge is 0.295 e. The minimum absolute atomic E-state index is 0.216. The van der Waals surface area contributed by atoms with E-state index in [0.29, 0.717) is 0 Å². The molecule has 3 rings (SSSR count). The molecule has 0 spiro atoms. The molecule has 3 nitrogen and oxygen atoms in total. The minimum atomic E-state index is -0.216. The van der Waals surface area contributed by atoms with Gasteiger partial charge in [0, 0.05) is 32.7 Å². The summed E-state index contributed by atoms with van der Waals surface area (Å²) in [6.45, 7) is 4.86. The van der Waals surface area contributed by atoms with Gasteiger partial charge in [-0.1, -0.05) is 42.5 Å². The van der Waals surface area contributed by atoms with Crippen molar-refractivity contribution in [3.8, 4) is 0 Å². The van der Waals surface area contributed by atoms with E-state index in [4.69, 9.17) is 0 Å². The summed E-state index contributed by atoms with van der Waals surface area (Å²) >= 11 is 0. The first-order valence-corrected chi connectivity index (χ1v) is 7.60. The number of hydrogen-bond donors (Lipinski definition) is 0. The van der Waals surface area contributed by atoms with Crippen LogP contribution in [0.3, 0.4) is 0 Å². The first-order chi connectivity index (χ1) is 10.8. The van der Waals surface area contributed by atoms with Gasteiger partial charge in [0.2, 0.25) is 0 Å². The van der Waals surface area contributed by atoms with Crippen LogP contribution in [0.5, 0.6) is 0 Å². The van der Waals surface area contributed by atoms with E-state index < -0.39 is 0 Å². The highest BCUT2D eigenvalue weighted by Gasteiger charge is 2.15. The second-order valence-corrected chi connectivity index (χ2v) is 5.51. The van der Waals surface area contributed by atoms with Crippen molar-refractivity contribution in [2.45, 2.75) is 6.54 Å². The Balaban J connectivity index is 1.48. The zero-order valence-electron chi connectivity index (χ0n) is 12.5. The summed E-state index contributed by atoms with van der Waals surface area (Å²) in [6, 6.07) is 16.9. The first-order valence-electron chi connectivity index (χ1n) is 7.60. The summed E-state index contributed by atoms with van der Waals surface area (Å²) < 4.78 is 12.8. The van der Waals surface area contributed by atoms with Gasteiger partial charge in [-0.05, 0) is 23.3 Å². The smallest absolute Gasteiger partial charge is 0.123 e.